The molecule has 0 fully saturated rings. The van der Waals surface area contributed by atoms with Gasteiger partial charge in [0.2, 0.25) is 0 Å². The first-order chi connectivity index (χ1) is 3.93. The lowest BCUT2D eigenvalue weighted by molar-refractivity contribution is 0.559. The fourth-order valence-electron chi connectivity index (χ4n) is 1.06. The Hall–Kier alpha value is 0.470. The molecule has 0 nitrogen and oxygen atoms in total. The molecule has 0 aromatic heterocycles. The van der Waals surface area contributed by atoms with Crippen molar-refractivity contribution in [1.82, 2.24) is 0 Å². The molecule has 46 valence electrons. The van der Waals surface area contributed by atoms with E-state index in [0.29, 0.717) is 0 Å². The van der Waals surface area contributed by atoms with Gasteiger partial charge in [-0.25, -0.2) is 0 Å². The maximum absolute atomic E-state index is 2.45. The summed E-state index contributed by atoms with van der Waals surface area (Å²) < 4.78 is 1.32. The predicted molar refractivity (Wildman–Crippen MR) is 45.4 cm³/mol. The first-order valence-corrected chi connectivity index (χ1v) is 4.67. The molecule has 1 rings (SSSR count). The van der Waals surface area contributed by atoms with E-state index in [2.05, 4.69) is 34.7 Å². The highest BCUT2D eigenvalue weighted by atomic mass is 127. The third-order valence-corrected chi connectivity index (χ3v) is 2.25. The van der Waals surface area contributed by atoms with Gasteiger partial charge in [-0.15, -0.1) is 0 Å². The van der Waals surface area contributed by atoms with Crippen LogP contribution < -0.4 is 0 Å². The van der Waals surface area contributed by atoms with Crippen LogP contribution in [0.4, 0.5) is 0 Å². The molecule has 0 saturated carbocycles. The lowest BCUT2D eigenvalue weighted by Gasteiger charge is -2.03. The van der Waals surface area contributed by atoms with E-state index in [-0.39, 0.29) is 0 Å². The summed E-state index contributed by atoms with van der Waals surface area (Å²) in [6.45, 7) is 0. The number of halogens is 1. The highest BCUT2D eigenvalue weighted by Crippen LogP contribution is 2.21. The molecule has 0 bridgehead atoms. The summed E-state index contributed by atoms with van der Waals surface area (Å²) in [4.78, 5) is 0. The van der Waals surface area contributed by atoms with Gasteiger partial charge in [-0.2, -0.15) is 0 Å². The zero-order valence-electron chi connectivity index (χ0n) is 4.94. The molecule has 1 heteroatoms. The Kier molecular flexibility index (Phi) is 2.87. The second-order valence-electron chi connectivity index (χ2n) is 2.29. The normalized spacial score (nSPS) is 20.1. The molecular weight excluding hydrogens is 211 g/mol. The van der Waals surface area contributed by atoms with Gasteiger partial charge in [0.05, 0.1) is 0 Å². The summed E-state index contributed by atoms with van der Waals surface area (Å²) in [7, 11) is 0. The Bertz CT molecular complexity index is 78.4. The van der Waals surface area contributed by atoms with Crippen LogP contribution in [0, 0.1) is 5.92 Å². The van der Waals surface area contributed by atoms with Gasteiger partial charge in [-0.1, -0.05) is 34.7 Å². The smallest absolute Gasteiger partial charge is 0.000187 e. The van der Waals surface area contributed by atoms with Crippen LogP contribution in [0.25, 0.3) is 0 Å². The summed E-state index contributed by atoms with van der Waals surface area (Å²) in [6, 6.07) is 0. The third kappa shape index (κ3) is 1.77. The van der Waals surface area contributed by atoms with Gasteiger partial charge in [0.25, 0.3) is 0 Å². The fourth-order valence-corrected chi connectivity index (χ4v) is 1.94. The van der Waals surface area contributed by atoms with Gasteiger partial charge in [-0.05, 0) is 29.6 Å². The number of alkyl halides is 1. The van der Waals surface area contributed by atoms with Crippen LogP contribution in [0.1, 0.15) is 19.3 Å². The van der Waals surface area contributed by atoms with Crippen LogP contribution in [0.2, 0.25) is 0 Å². The zero-order valence-corrected chi connectivity index (χ0v) is 7.10. The molecule has 0 unspecified atom stereocenters. The monoisotopic (exact) mass is 222 g/mol. The fraction of sp³-hybridized carbons (Fsp3) is 0.714. The minimum Gasteiger partial charge on any atom is -0.0882 e. The Labute approximate surface area is 64.5 Å². The highest BCUT2D eigenvalue weighted by Gasteiger charge is 2.07. The van der Waals surface area contributed by atoms with Crippen molar-refractivity contribution in [2.75, 3.05) is 4.43 Å². The topological polar surface area (TPSA) is 0 Å². The van der Waals surface area contributed by atoms with Crippen LogP contribution in [-0.4, -0.2) is 4.43 Å². The minimum absolute atomic E-state index is 0.992. The average molecular weight is 222 g/mol. The molecule has 0 N–H and O–H groups in total. The largest absolute Gasteiger partial charge is 0.0882 e. The van der Waals surface area contributed by atoms with E-state index in [9.17, 15) is 0 Å². The quantitative estimate of drug-likeness (QED) is 0.383. The van der Waals surface area contributed by atoms with Gasteiger partial charge in [0, 0.05) is 0 Å². The minimum atomic E-state index is 0.992. The number of allylic oxidation sites excluding steroid dienone is 2. The second kappa shape index (κ2) is 3.49. The third-order valence-electron chi connectivity index (χ3n) is 1.62. The molecule has 1 aliphatic carbocycles. The van der Waals surface area contributed by atoms with E-state index in [0.717, 1.165) is 5.92 Å². The van der Waals surface area contributed by atoms with Gasteiger partial charge >= 0.3 is 0 Å². The van der Waals surface area contributed by atoms with E-state index in [1.807, 2.05) is 0 Å². The highest BCUT2D eigenvalue weighted by molar-refractivity contribution is 14.1. The molecule has 0 radical (unpaired) electrons. The summed E-state index contributed by atoms with van der Waals surface area (Å²) in [5, 5.41) is 0. The molecule has 0 heterocycles. The Morgan fingerprint density at radius 2 is 2.00 bits per heavy atom. The van der Waals surface area contributed by atoms with Gasteiger partial charge in [0.1, 0.15) is 0 Å². The van der Waals surface area contributed by atoms with Crippen LogP contribution in [0.3, 0.4) is 0 Å². The van der Waals surface area contributed by atoms with Crippen molar-refractivity contribution in [2.24, 2.45) is 5.92 Å². The van der Waals surface area contributed by atoms with Gasteiger partial charge in [0.15, 0.2) is 0 Å². The van der Waals surface area contributed by atoms with Gasteiger partial charge < -0.3 is 0 Å². The van der Waals surface area contributed by atoms with Gasteiger partial charge in [-0.3, -0.25) is 0 Å². The second-order valence-corrected chi connectivity index (χ2v) is 3.37. The van der Waals surface area contributed by atoms with Crippen LogP contribution in [0.15, 0.2) is 12.2 Å². The van der Waals surface area contributed by atoms with E-state index in [1.54, 1.807) is 0 Å². The predicted octanol–water partition coefficient (Wildman–Crippen LogP) is 2.78. The Morgan fingerprint density at radius 3 is 2.50 bits per heavy atom. The average Bonchev–Trinajstić information content (AvgIpc) is 2.19. The molecule has 0 amide bonds. The Balaban J connectivity index is 2.10. The molecule has 1 aliphatic rings. The lowest BCUT2D eigenvalue weighted by Crippen LogP contribution is -1.92. The van der Waals surface area contributed by atoms with Crippen LogP contribution >= 0.6 is 22.6 Å². The Morgan fingerprint density at radius 1 is 1.38 bits per heavy atom. The van der Waals surface area contributed by atoms with Crippen LogP contribution in [-0.2, 0) is 0 Å². The van der Waals surface area contributed by atoms with E-state index in [1.165, 1.54) is 23.7 Å². The van der Waals surface area contributed by atoms with Crippen molar-refractivity contribution in [3.63, 3.8) is 0 Å². The number of hydrogen-bond donors (Lipinski definition) is 0. The summed E-state index contributed by atoms with van der Waals surface area (Å²) in [5.41, 5.74) is 0. The first kappa shape index (κ1) is 6.59. The molecule has 0 atom stereocenters. The number of hydrogen-bond acceptors (Lipinski definition) is 0. The molecule has 0 aromatic rings. The van der Waals surface area contributed by atoms with Crippen molar-refractivity contribution in [3.8, 4) is 0 Å². The maximum Gasteiger partial charge on any atom is -0.000187 e. The molecule has 8 heavy (non-hydrogen) atoms. The molecular formula is C7H11I. The summed E-state index contributed by atoms with van der Waals surface area (Å²) in [5.74, 6) is 0.992. The molecule has 0 saturated heterocycles. The lowest BCUT2D eigenvalue weighted by atomic mass is 10.1. The zero-order chi connectivity index (χ0) is 5.82. The summed E-state index contributed by atoms with van der Waals surface area (Å²) in [6.07, 6.45) is 8.69. The summed E-state index contributed by atoms with van der Waals surface area (Å²) >= 11 is 2.45. The van der Waals surface area contributed by atoms with Crippen molar-refractivity contribution < 1.29 is 0 Å². The standard InChI is InChI=1S/C7H11I/c8-6-5-7-3-1-2-4-7/h1-2,7H,3-6H2. The molecule has 0 spiro atoms. The van der Waals surface area contributed by atoms with Crippen molar-refractivity contribution in [3.05, 3.63) is 12.2 Å². The first-order valence-electron chi connectivity index (χ1n) is 3.14. The molecule has 0 aliphatic heterocycles. The van der Waals surface area contributed by atoms with Crippen molar-refractivity contribution >= 4 is 22.6 Å². The van der Waals surface area contributed by atoms with Crippen LogP contribution in [0.5, 0.6) is 0 Å². The van der Waals surface area contributed by atoms with E-state index in [4.69, 9.17) is 0 Å². The molecule has 0 aromatic carbocycles. The number of rotatable bonds is 2. The van der Waals surface area contributed by atoms with E-state index < -0.39 is 0 Å². The van der Waals surface area contributed by atoms with Crippen molar-refractivity contribution in [1.29, 1.82) is 0 Å². The SMILES string of the molecule is ICCC1CC=CC1. The van der Waals surface area contributed by atoms with E-state index >= 15 is 0 Å². The van der Waals surface area contributed by atoms with Crippen molar-refractivity contribution in [2.45, 2.75) is 19.3 Å². The maximum atomic E-state index is 2.45.